The molecule has 0 unspecified atom stereocenters. The molecule has 17 heavy (non-hydrogen) atoms. The summed E-state index contributed by atoms with van der Waals surface area (Å²) >= 11 is 0. The summed E-state index contributed by atoms with van der Waals surface area (Å²) in [5.74, 6) is -1.60. The molecule has 1 aromatic rings. The van der Waals surface area contributed by atoms with E-state index in [0.29, 0.717) is 11.8 Å². The zero-order valence-electron chi connectivity index (χ0n) is 9.77. The Bertz CT molecular complexity index is 450. The first kappa shape index (κ1) is 13.0. The highest BCUT2D eigenvalue weighted by Crippen LogP contribution is 2.23. The number of rotatable bonds is 4. The number of amides is 1. The van der Waals surface area contributed by atoms with E-state index in [-0.39, 0.29) is 5.92 Å². The molecule has 0 atom stereocenters. The second-order valence-corrected chi connectivity index (χ2v) is 3.88. The van der Waals surface area contributed by atoms with E-state index in [1.807, 2.05) is 32.0 Å². The van der Waals surface area contributed by atoms with Crippen LogP contribution in [0.4, 0.5) is 5.69 Å². The van der Waals surface area contributed by atoms with Crippen molar-refractivity contribution in [3.63, 3.8) is 0 Å². The number of para-hydroxylation sites is 1. The average Bonchev–Trinajstić information content (AvgIpc) is 2.27. The predicted molar refractivity (Wildman–Crippen MR) is 63.3 cm³/mol. The molecular weight excluding hydrogens is 218 g/mol. The van der Waals surface area contributed by atoms with Crippen molar-refractivity contribution in [2.24, 2.45) is 0 Å². The van der Waals surface area contributed by atoms with Crippen LogP contribution >= 0.6 is 0 Å². The zero-order valence-corrected chi connectivity index (χ0v) is 9.77. The lowest BCUT2D eigenvalue weighted by Gasteiger charge is -2.12. The highest BCUT2D eigenvalue weighted by molar-refractivity contribution is 6.02. The molecule has 0 saturated carbocycles. The van der Waals surface area contributed by atoms with E-state index < -0.39 is 11.9 Å². The van der Waals surface area contributed by atoms with E-state index in [1.54, 1.807) is 6.07 Å². The lowest BCUT2D eigenvalue weighted by molar-refractivity contribution is -0.297. The number of aliphatic carboxylic acids is 1. The quantitative estimate of drug-likeness (QED) is 0.789. The molecule has 1 aromatic carbocycles. The third kappa shape index (κ3) is 4.10. The lowest BCUT2D eigenvalue weighted by atomic mass is 10.0. The van der Waals surface area contributed by atoms with Crippen LogP contribution in [-0.2, 0) is 9.59 Å². The van der Waals surface area contributed by atoms with Crippen LogP contribution in [0.2, 0.25) is 0 Å². The maximum atomic E-state index is 11.4. The molecule has 0 heterocycles. The van der Waals surface area contributed by atoms with Gasteiger partial charge in [-0.05, 0) is 23.6 Å². The Balaban J connectivity index is 2.81. The number of nitrogens with one attached hydrogen (secondary N) is 1. The molecule has 1 rings (SSSR count). The minimum absolute atomic E-state index is 0.275. The molecule has 1 N–H and O–H groups in total. The second kappa shape index (κ2) is 5.84. The minimum Gasteiger partial charge on any atom is -0.545 e. The van der Waals surface area contributed by atoms with E-state index in [9.17, 15) is 14.7 Å². The Morgan fingerprint density at radius 1 is 1.24 bits per heavy atom. The number of carboxylic acids is 1. The number of hydrogen-bond acceptors (Lipinski definition) is 3. The van der Waals surface area contributed by atoms with Gasteiger partial charge in [0.15, 0.2) is 0 Å². The molecule has 0 fully saturated rings. The smallest absolute Gasteiger partial charge is 0.248 e. The van der Waals surface area contributed by atoms with E-state index in [1.165, 1.54) is 0 Å². The van der Waals surface area contributed by atoms with Gasteiger partial charge in [-0.3, -0.25) is 4.79 Å². The highest BCUT2D eigenvalue weighted by Gasteiger charge is 2.06. The third-order valence-electron chi connectivity index (χ3n) is 2.21. The largest absolute Gasteiger partial charge is 0.545 e. The highest BCUT2D eigenvalue weighted by atomic mass is 16.4. The summed E-state index contributed by atoms with van der Waals surface area (Å²) < 4.78 is 0. The molecule has 0 spiro atoms. The van der Waals surface area contributed by atoms with Crippen molar-refractivity contribution in [1.29, 1.82) is 0 Å². The number of carbonyl (C=O) groups is 2. The van der Waals surface area contributed by atoms with Crippen LogP contribution in [0.1, 0.15) is 25.3 Å². The number of carboxylic acid groups (broad SMARTS) is 1. The molecule has 0 saturated heterocycles. The van der Waals surface area contributed by atoms with Gasteiger partial charge in [0.2, 0.25) is 5.91 Å². The van der Waals surface area contributed by atoms with Crippen LogP contribution in [0.15, 0.2) is 36.4 Å². The number of hydrogen-bond donors (Lipinski definition) is 1. The molecule has 4 heteroatoms. The molecule has 90 valence electrons. The standard InChI is InChI=1S/C13H15NO3/c1-9(2)10-5-3-4-6-11(10)14-12(15)7-8-13(16)17/h3-9H,1-2H3,(H,14,15)(H,16,17)/p-1/b8-7+. The van der Waals surface area contributed by atoms with Crippen molar-refractivity contribution >= 4 is 17.6 Å². The summed E-state index contributed by atoms with van der Waals surface area (Å²) in [5, 5.41) is 12.8. The summed E-state index contributed by atoms with van der Waals surface area (Å²) in [6, 6.07) is 7.40. The topological polar surface area (TPSA) is 69.2 Å². The average molecular weight is 232 g/mol. The molecular formula is C13H14NO3-. The van der Waals surface area contributed by atoms with E-state index in [0.717, 1.165) is 11.6 Å². The number of benzene rings is 1. The van der Waals surface area contributed by atoms with Crippen LogP contribution in [0, 0.1) is 0 Å². The molecule has 4 nitrogen and oxygen atoms in total. The molecule has 1 amide bonds. The summed E-state index contributed by atoms with van der Waals surface area (Å²) in [4.78, 5) is 21.6. The van der Waals surface area contributed by atoms with Crippen LogP contribution < -0.4 is 10.4 Å². The maximum Gasteiger partial charge on any atom is 0.248 e. The molecule has 0 aromatic heterocycles. The van der Waals surface area contributed by atoms with Crippen molar-refractivity contribution in [2.45, 2.75) is 19.8 Å². The Labute approximate surface area is 100.0 Å². The molecule has 0 radical (unpaired) electrons. The Hall–Kier alpha value is -2.10. The van der Waals surface area contributed by atoms with Gasteiger partial charge < -0.3 is 15.2 Å². The predicted octanol–water partition coefficient (Wildman–Crippen LogP) is 1.05. The third-order valence-corrected chi connectivity index (χ3v) is 2.21. The zero-order chi connectivity index (χ0) is 12.8. The van der Waals surface area contributed by atoms with E-state index in [4.69, 9.17) is 0 Å². The fourth-order valence-electron chi connectivity index (χ4n) is 1.43. The maximum absolute atomic E-state index is 11.4. The van der Waals surface area contributed by atoms with Crippen LogP contribution in [0.3, 0.4) is 0 Å². The van der Waals surface area contributed by atoms with Crippen molar-refractivity contribution < 1.29 is 14.7 Å². The summed E-state index contributed by atoms with van der Waals surface area (Å²) in [6.07, 6.45) is 1.64. The van der Waals surface area contributed by atoms with Gasteiger partial charge in [0.25, 0.3) is 0 Å². The van der Waals surface area contributed by atoms with Gasteiger partial charge >= 0.3 is 0 Å². The summed E-state index contributed by atoms with van der Waals surface area (Å²) in [7, 11) is 0. The van der Waals surface area contributed by atoms with Crippen LogP contribution in [0.5, 0.6) is 0 Å². The SMILES string of the molecule is CC(C)c1ccccc1NC(=O)/C=C/C(=O)[O-]. The number of anilines is 1. The van der Waals surface area contributed by atoms with Crippen LogP contribution in [0.25, 0.3) is 0 Å². The fraction of sp³-hybridized carbons (Fsp3) is 0.231. The Kier molecular flexibility index (Phi) is 4.46. The van der Waals surface area contributed by atoms with Gasteiger partial charge in [-0.15, -0.1) is 0 Å². The molecule has 0 aliphatic heterocycles. The minimum atomic E-state index is -1.39. The second-order valence-electron chi connectivity index (χ2n) is 3.88. The summed E-state index contributed by atoms with van der Waals surface area (Å²) in [6.45, 7) is 4.03. The van der Waals surface area contributed by atoms with Gasteiger partial charge in [0, 0.05) is 11.8 Å². The Morgan fingerprint density at radius 2 is 1.88 bits per heavy atom. The monoisotopic (exact) mass is 232 g/mol. The van der Waals surface area contributed by atoms with Crippen molar-refractivity contribution in [3.05, 3.63) is 42.0 Å². The van der Waals surface area contributed by atoms with Crippen LogP contribution in [-0.4, -0.2) is 11.9 Å². The van der Waals surface area contributed by atoms with Crippen molar-refractivity contribution in [2.75, 3.05) is 5.32 Å². The van der Waals surface area contributed by atoms with Gasteiger partial charge in [0.05, 0.1) is 5.97 Å². The Morgan fingerprint density at radius 3 is 2.47 bits per heavy atom. The van der Waals surface area contributed by atoms with Crippen molar-refractivity contribution in [1.82, 2.24) is 0 Å². The van der Waals surface area contributed by atoms with E-state index >= 15 is 0 Å². The van der Waals surface area contributed by atoms with Crippen molar-refractivity contribution in [3.8, 4) is 0 Å². The normalized spacial score (nSPS) is 10.8. The van der Waals surface area contributed by atoms with Gasteiger partial charge in [-0.1, -0.05) is 32.0 Å². The fourth-order valence-corrected chi connectivity index (χ4v) is 1.43. The number of carbonyl (C=O) groups excluding carboxylic acids is 2. The first-order chi connectivity index (χ1) is 8.00. The first-order valence-corrected chi connectivity index (χ1v) is 5.29. The first-order valence-electron chi connectivity index (χ1n) is 5.29. The molecule has 0 aliphatic rings. The van der Waals surface area contributed by atoms with Gasteiger partial charge in [-0.2, -0.15) is 0 Å². The lowest BCUT2D eigenvalue weighted by Crippen LogP contribution is -2.20. The van der Waals surface area contributed by atoms with Gasteiger partial charge in [-0.25, -0.2) is 0 Å². The van der Waals surface area contributed by atoms with Gasteiger partial charge in [0.1, 0.15) is 0 Å². The summed E-state index contributed by atoms with van der Waals surface area (Å²) in [5.41, 5.74) is 1.69. The molecule has 0 aliphatic carbocycles. The van der Waals surface area contributed by atoms with E-state index in [2.05, 4.69) is 5.32 Å². The molecule has 0 bridgehead atoms.